The van der Waals surface area contributed by atoms with Gasteiger partial charge in [0.05, 0.1) is 0 Å². The lowest BCUT2D eigenvalue weighted by Crippen LogP contribution is -1.97. The Kier molecular flexibility index (Phi) is 8.27. The topological polar surface area (TPSA) is 74.6 Å². The summed E-state index contributed by atoms with van der Waals surface area (Å²) in [6.45, 7) is 4.21. The van der Waals surface area contributed by atoms with Crippen molar-refractivity contribution in [1.29, 1.82) is 0 Å². The molecule has 0 aliphatic rings. The molecule has 4 heteroatoms. The van der Waals surface area contributed by atoms with Gasteiger partial charge in [-0.2, -0.15) is 0 Å². The first-order chi connectivity index (χ1) is 8.41. The molecular formula is C14H20O4. The normalized spacial score (nSPS) is 9.22. The maximum Gasteiger partial charge on any atom is 0.303 e. The summed E-state index contributed by atoms with van der Waals surface area (Å²) < 4.78 is 0. The van der Waals surface area contributed by atoms with Gasteiger partial charge in [-0.15, -0.1) is 0 Å². The Bertz CT molecular complexity index is 352. The van der Waals surface area contributed by atoms with Gasteiger partial charge in [0.2, 0.25) is 0 Å². The molecule has 0 bridgehead atoms. The number of carboxylic acids is 2. The molecule has 2 N–H and O–H groups in total. The van der Waals surface area contributed by atoms with Crippen LogP contribution in [0.2, 0.25) is 0 Å². The summed E-state index contributed by atoms with van der Waals surface area (Å²) in [7, 11) is 0. The molecule has 1 aromatic rings. The minimum Gasteiger partial charge on any atom is -0.481 e. The molecule has 0 fully saturated rings. The number of rotatable bonds is 5. The van der Waals surface area contributed by atoms with Crippen molar-refractivity contribution in [2.45, 2.75) is 39.5 Å². The van der Waals surface area contributed by atoms with Gasteiger partial charge in [-0.3, -0.25) is 9.59 Å². The fourth-order valence-corrected chi connectivity index (χ4v) is 1.36. The third-order valence-electron chi connectivity index (χ3n) is 2.20. The highest BCUT2D eigenvalue weighted by molar-refractivity contribution is 5.67. The lowest BCUT2D eigenvalue weighted by Gasteiger charge is -1.92. The third kappa shape index (κ3) is 10.7. The van der Waals surface area contributed by atoms with Crippen molar-refractivity contribution in [3.05, 3.63) is 35.4 Å². The Morgan fingerprint density at radius 1 is 0.944 bits per heavy atom. The Morgan fingerprint density at radius 3 is 1.56 bits per heavy atom. The molecule has 1 aromatic carbocycles. The number of hydrogen-bond acceptors (Lipinski definition) is 2. The summed E-state index contributed by atoms with van der Waals surface area (Å²) in [4.78, 5) is 19.8. The van der Waals surface area contributed by atoms with Crippen LogP contribution in [0, 0.1) is 13.8 Å². The standard InChI is InChI=1S/C8H10.C6H10O4/c1-7-4-3-5-8(2)6-7;7-5(8)3-1-2-4-6(9)10/h3-6H,1-2H3;1-4H2,(H,7,8)(H,9,10). The van der Waals surface area contributed by atoms with E-state index in [4.69, 9.17) is 10.2 Å². The van der Waals surface area contributed by atoms with Gasteiger partial charge in [0.15, 0.2) is 0 Å². The van der Waals surface area contributed by atoms with Crippen molar-refractivity contribution in [3.63, 3.8) is 0 Å². The van der Waals surface area contributed by atoms with Crippen LogP contribution in [-0.4, -0.2) is 22.2 Å². The maximum atomic E-state index is 9.90. The molecule has 0 aromatic heterocycles. The smallest absolute Gasteiger partial charge is 0.303 e. The second-order valence-electron chi connectivity index (χ2n) is 4.15. The SMILES string of the molecule is Cc1cccc(C)c1.O=C(O)CCCCC(=O)O. The highest BCUT2D eigenvalue weighted by atomic mass is 16.4. The van der Waals surface area contributed by atoms with Crippen LogP contribution in [0.5, 0.6) is 0 Å². The lowest BCUT2D eigenvalue weighted by molar-refractivity contribution is -0.139. The van der Waals surface area contributed by atoms with Crippen molar-refractivity contribution in [3.8, 4) is 0 Å². The molecule has 0 unspecified atom stereocenters. The third-order valence-corrected chi connectivity index (χ3v) is 2.20. The second-order valence-corrected chi connectivity index (χ2v) is 4.15. The fraction of sp³-hybridized carbons (Fsp3) is 0.429. The number of hydrogen-bond donors (Lipinski definition) is 2. The Balaban J connectivity index is 0.000000327. The van der Waals surface area contributed by atoms with E-state index in [1.165, 1.54) is 11.1 Å². The van der Waals surface area contributed by atoms with Gasteiger partial charge in [0.25, 0.3) is 0 Å². The molecule has 1 rings (SSSR count). The number of aliphatic carboxylic acids is 2. The second kappa shape index (κ2) is 9.22. The lowest BCUT2D eigenvalue weighted by atomic mass is 10.2. The Morgan fingerprint density at radius 2 is 1.33 bits per heavy atom. The first-order valence-corrected chi connectivity index (χ1v) is 5.88. The highest BCUT2D eigenvalue weighted by Gasteiger charge is 1.99. The molecule has 0 saturated carbocycles. The van der Waals surface area contributed by atoms with Gasteiger partial charge in [-0.25, -0.2) is 0 Å². The quantitative estimate of drug-likeness (QED) is 0.790. The molecule has 0 amide bonds. The van der Waals surface area contributed by atoms with Crippen LogP contribution in [0.25, 0.3) is 0 Å². The molecule has 0 saturated heterocycles. The van der Waals surface area contributed by atoms with E-state index >= 15 is 0 Å². The van der Waals surface area contributed by atoms with Crippen molar-refractivity contribution < 1.29 is 19.8 Å². The molecule has 0 radical (unpaired) electrons. The summed E-state index contributed by atoms with van der Waals surface area (Å²) in [5, 5.41) is 16.3. The molecule has 100 valence electrons. The van der Waals surface area contributed by atoms with E-state index in [1.54, 1.807) is 0 Å². The van der Waals surface area contributed by atoms with Crippen molar-refractivity contribution in [1.82, 2.24) is 0 Å². The summed E-state index contributed by atoms with van der Waals surface area (Å²) in [5.74, 6) is -1.74. The van der Waals surface area contributed by atoms with Gasteiger partial charge in [0.1, 0.15) is 0 Å². The number of carbonyl (C=O) groups is 2. The van der Waals surface area contributed by atoms with Crippen LogP contribution < -0.4 is 0 Å². The van der Waals surface area contributed by atoms with Crippen LogP contribution in [0.15, 0.2) is 24.3 Å². The van der Waals surface area contributed by atoms with Gasteiger partial charge < -0.3 is 10.2 Å². The average molecular weight is 252 g/mol. The predicted molar refractivity (Wildman–Crippen MR) is 69.7 cm³/mol. The molecule has 0 aliphatic heterocycles. The van der Waals surface area contributed by atoms with Crippen molar-refractivity contribution in [2.24, 2.45) is 0 Å². The van der Waals surface area contributed by atoms with Crippen LogP contribution >= 0.6 is 0 Å². The largest absolute Gasteiger partial charge is 0.481 e. The monoisotopic (exact) mass is 252 g/mol. The molecule has 18 heavy (non-hydrogen) atoms. The minimum absolute atomic E-state index is 0.0628. The zero-order valence-corrected chi connectivity index (χ0v) is 10.8. The van der Waals surface area contributed by atoms with Gasteiger partial charge in [-0.05, 0) is 26.7 Å². The maximum absolute atomic E-state index is 9.90. The Labute approximate surface area is 107 Å². The summed E-state index contributed by atoms with van der Waals surface area (Å²) in [6.07, 6.45) is 1.02. The first kappa shape index (κ1) is 16.2. The van der Waals surface area contributed by atoms with Crippen molar-refractivity contribution >= 4 is 11.9 Å². The van der Waals surface area contributed by atoms with E-state index in [0.717, 1.165) is 0 Å². The van der Waals surface area contributed by atoms with Crippen LogP contribution in [0.4, 0.5) is 0 Å². The number of benzene rings is 1. The first-order valence-electron chi connectivity index (χ1n) is 5.88. The number of carboxylic acid groups (broad SMARTS) is 2. The zero-order chi connectivity index (χ0) is 14.0. The molecule has 0 heterocycles. The summed E-state index contributed by atoms with van der Waals surface area (Å²) >= 11 is 0. The van der Waals surface area contributed by atoms with Gasteiger partial charge in [-0.1, -0.05) is 35.4 Å². The molecule has 4 nitrogen and oxygen atoms in total. The summed E-state index contributed by atoms with van der Waals surface area (Å²) in [6, 6.07) is 8.45. The number of unbranched alkanes of at least 4 members (excludes halogenated alkanes) is 1. The highest BCUT2D eigenvalue weighted by Crippen LogP contribution is 2.00. The van der Waals surface area contributed by atoms with Gasteiger partial charge >= 0.3 is 11.9 Å². The zero-order valence-electron chi connectivity index (χ0n) is 10.8. The van der Waals surface area contributed by atoms with E-state index in [2.05, 4.69) is 38.1 Å². The Hall–Kier alpha value is -1.84. The number of aryl methyl sites for hydroxylation is 2. The van der Waals surface area contributed by atoms with Crippen LogP contribution in [-0.2, 0) is 9.59 Å². The molecule has 0 atom stereocenters. The fourth-order valence-electron chi connectivity index (χ4n) is 1.36. The predicted octanol–water partition coefficient (Wildman–Crippen LogP) is 3.02. The van der Waals surface area contributed by atoms with Crippen LogP contribution in [0.1, 0.15) is 36.8 Å². The molecule has 0 aliphatic carbocycles. The van der Waals surface area contributed by atoms with Crippen LogP contribution in [0.3, 0.4) is 0 Å². The van der Waals surface area contributed by atoms with E-state index < -0.39 is 11.9 Å². The molecular weight excluding hydrogens is 232 g/mol. The van der Waals surface area contributed by atoms with E-state index in [0.29, 0.717) is 12.8 Å². The van der Waals surface area contributed by atoms with E-state index in [9.17, 15) is 9.59 Å². The van der Waals surface area contributed by atoms with E-state index in [1.807, 2.05) is 0 Å². The van der Waals surface area contributed by atoms with E-state index in [-0.39, 0.29) is 12.8 Å². The van der Waals surface area contributed by atoms with Crippen molar-refractivity contribution in [2.75, 3.05) is 0 Å². The van der Waals surface area contributed by atoms with Gasteiger partial charge in [0, 0.05) is 12.8 Å². The summed E-state index contributed by atoms with van der Waals surface area (Å²) in [5.41, 5.74) is 2.68. The molecule has 0 spiro atoms. The minimum atomic E-state index is -0.870. The average Bonchev–Trinajstić information content (AvgIpc) is 2.24.